The fourth-order valence-electron chi connectivity index (χ4n) is 2.94. The molecule has 0 saturated heterocycles. The van der Waals surface area contributed by atoms with Gasteiger partial charge in [-0.25, -0.2) is 5.43 Å². The van der Waals surface area contributed by atoms with Crippen molar-refractivity contribution in [1.29, 1.82) is 0 Å². The molecule has 0 radical (unpaired) electrons. The van der Waals surface area contributed by atoms with Crippen LogP contribution in [0.1, 0.15) is 42.3 Å². The molecule has 3 rings (SSSR count). The lowest BCUT2D eigenvalue weighted by Crippen LogP contribution is -2.18. The number of nitrogens with zero attached hydrogens (tertiary/aromatic N) is 2. The largest absolute Gasteiger partial charge is 0.345 e. The fraction of sp³-hybridized carbons (Fsp3) is 0.200. The average molecular weight is 386 g/mol. The van der Waals surface area contributed by atoms with Crippen molar-refractivity contribution in [3.8, 4) is 0 Å². The molecular weight excluding hydrogens is 358 g/mol. The molecular formula is C25H27N3O. The minimum absolute atomic E-state index is 0.0634. The third kappa shape index (κ3) is 5.32. The van der Waals surface area contributed by atoms with Crippen LogP contribution < -0.4 is 10.3 Å². The minimum atomic E-state index is -0.220. The summed E-state index contributed by atoms with van der Waals surface area (Å²) in [6, 6.07) is 25.8. The van der Waals surface area contributed by atoms with E-state index in [1.807, 2.05) is 73.8 Å². The molecule has 0 aromatic heterocycles. The number of para-hydroxylation sites is 1. The van der Waals surface area contributed by atoms with Gasteiger partial charge in [-0.05, 0) is 52.9 Å². The Balaban J connectivity index is 1.59. The van der Waals surface area contributed by atoms with Crippen LogP contribution in [0.15, 0.2) is 84.0 Å². The van der Waals surface area contributed by atoms with Crippen LogP contribution in [-0.2, 0) is 5.41 Å². The summed E-state index contributed by atoms with van der Waals surface area (Å²) in [6.07, 6.45) is 1.65. The number of benzene rings is 3. The molecule has 0 aliphatic carbocycles. The van der Waals surface area contributed by atoms with Gasteiger partial charge in [0.2, 0.25) is 0 Å². The molecule has 0 unspecified atom stereocenters. The summed E-state index contributed by atoms with van der Waals surface area (Å²) in [7, 11) is 2.03. The van der Waals surface area contributed by atoms with Gasteiger partial charge in [0.15, 0.2) is 0 Å². The van der Waals surface area contributed by atoms with E-state index in [0.29, 0.717) is 5.56 Å². The summed E-state index contributed by atoms with van der Waals surface area (Å²) in [5, 5.41) is 4.08. The first-order valence-electron chi connectivity index (χ1n) is 9.67. The fourth-order valence-corrected chi connectivity index (χ4v) is 2.94. The van der Waals surface area contributed by atoms with Crippen molar-refractivity contribution in [3.63, 3.8) is 0 Å². The van der Waals surface area contributed by atoms with E-state index < -0.39 is 0 Å². The smallest absolute Gasteiger partial charge is 0.271 e. The predicted octanol–water partition coefficient (Wildman–Crippen LogP) is 5.52. The third-order valence-corrected chi connectivity index (χ3v) is 4.82. The molecule has 0 aliphatic heterocycles. The highest BCUT2D eigenvalue weighted by molar-refractivity contribution is 5.95. The molecule has 3 aromatic rings. The van der Waals surface area contributed by atoms with Gasteiger partial charge >= 0.3 is 0 Å². The second-order valence-electron chi connectivity index (χ2n) is 8.01. The molecule has 1 N–H and O–H groups in total. The normalized spacial score (nSPS) is 11.4. The van der Waals surface area contributed by atoms with Crippen LogP contribution in [-0.4, -0.2) is 19.2 Å². The molecule has 29 heavy (non-hydrogen) atoms. The van der Waals surface area contributed by atoms with Crippen LogP contribution >= 0.6 is 0 Å². The molecule has 0 aliphatic rings. The summed E-state index contributed by atoms with van der Waals surface area (Å²) >= 11 is 0. The molecule has 0 fully saturated rings. The van der Waals surface area contributed by atoms with Gasteiger partial charge < -0.3 is 4.90 Å². The maximum absolute atomic E-state index is 12.3. The molecule has 1 amide bonds. The Morgan fingerprint density at radius 2 is 1.45 bits per heavy atom. The third-order valence-electron chi connectivity index (χ3n) is 4.82. The van der Waals surface area contributed by atoms with Crippen LogP contribution in [0.5, 0.6) is 0 Å². The van der Waals surface area contributed by atoms with E-state index in [4.69, 9.17) is 0 Å². The number of hydrazone groups is 1. The molecule has 0 atom stereocenters. The highest BCUT2D eigenvalue weighted by Gasteiger charge is 2.14. The molecule has 0 saturated carbocycles. The summed E-state index contributed by atoms with van der Waals surface area (Å²) < 4.78 is 0. The summed E-state index contributed by atoms with van der Waals surface area (Å²) in [4.78, 5) is 14.4. The zero-order chi connectivity index (χ0) is 20.9. The lowest BCUT2D eigenvalue weighted by molar-refractivity contribution is 0.0955. The number of hydrogen-bond acceptors (Lipinski definition) is 3. The van der Waals surface area contributed by atoms with E-state index in [2.05, 4.69) is 48.3 Å². The van der Waals surface area contributed by atoms with Crippen molar-refractivity contribution in [2.45, 2.75) is 26.2 Å². The van der Waals surface area contributed by atoms with E-state index in [0.717, 1.165) is 16.9 Å². The number of carbonyl (C=O) groups is 1. The highest BCUT2D eigenvalue weighted by Crippen LogP contribution is 2.23. The first-order valence-corrected chi connectivity index (χ1v) is 9.67. The molecule has 0 spiro atoms. The first-order chi connectivity index (χ1) is 13.8. The lowest BCUT2D eigenvalue weighted by Gasteiger charge is -2.19. The van der Waals surface area contributed by atoms with Gasteiger partial charge in [-0.1, -0.05) is 63.2 Å². The van der Waals surface area contributed by atoms with Crippen molar-refractivity contribution < 1.29 is 4.79 Å². The van der Waals surface area contributed by atoms with Crippen molar-refractivity contribution >= 4 is 23.5 Å². The number of carbonyl (C=O) groups excluding carboxylic acids is 1. The van der Waals surface area contributed by atoms with Gasteiger partial charge in [0, 0.05) is 24.0 Å². The molecule has 4 heteroatoms. The van der Waals surface area contributed by atoms with Crippen LogP contribution in [0.4, 0.5) is 11.4 Å². The zero-order valence-corrected chi connectivity index (χ0v) is 17.4. The lowest BCUT2D eigenvalue weighted by atomic mass is 9.87. The molecule has 0 heterocycles. The molecule has 4 nitrogen and oxygen atoms in total. The maximum Gasteiger partial charge on any atom is 0.271 e. The molecule has 3 aromatic carbocycles. The Kier molecular flexibility index (Phi) is 6.13. The van der Waals surface area contributed by atoms with Gasteiger partial charge in [0.05, 0.1) is 6.21 Å². The van der Waals surface area contributed by atoms with Gasteiger partial charge in [-0.3, -0.25) is 4.79 Å². The number of anilines is 2. The first kappa shape index (κ1) is 20.3. The van der Waals surface area contributed by atoms with Crippen molar-refractivity contribution in [2.24, 2.45) is 5.10 Å². The molecule has 148 valence electrons. The number of hydrogen-bond donors (Lipinski definition) is 1. The summed E-state index contributed by atoms with van der Waals surface area (Å²) in [6.45, 7) is 6.44. The van der Waals surface area contributed by atoms with E-state index in [-0.39, 0.29) is 11.3 Å². The molecule has 0 bridgehead atoms. The Morgan fingerprint density at radius 1 is 0.862 bits per heavy atom. The van der Waals surface area contributed by atoms with E-state index >= 15 is 0 Å². The standard InChI is InChI=1S/C25H27N3O/c1-25(2,3)21-14-12-20(13-15-21)24(29)27-26-18-19-10-16-23(17-11-19)28(4)22-8-6-5-7-9-22/h5-18H,1-4H3,(H,27,29). The number of rotatable bonds is 5. The Morgan fingerprint density at radius 3 is 2.03 bits per heavy atom. The second kappa shape index (κ2) is 8.74. The van der Waals surface area contributed by atoms with Gasteiger partial charge in [0.1, 0.15) is 0 Å². The van der Waals surface area contributed by atoms with Crippen molar-refractivity contribution in [3.05, 3.63) is 95.6 Å². The van der Waals surface area contributed by atoms with E-state index in [1.165, 1.54) is 5.56 Å². The topological polar surface area (TPSA) is 44.7 Å². The average Bonchev–Trinajstić information content (AvgIpc) is 2.74. The quantitative estimate of drug-likeness (QED) is 0.464. The van der Waals surface area contributed by atoms with E-state index in [9.17, 15) is 4.79 Å². The van der Waals surface area contributed by atoms with Gasteiger partial charge in [-0.2, -0.15) is 5.10 Å². The Labute approximate surface area is 172 Å². The van der Waals surface area contributed by atoms with Crippen LogP contribution in [0.25, 0.3) is 0 Å². The summed E-state index contributed by atoms with van der Waals surface area (Å²) in [5.41, 5.74) is 7.56. The SMILES string of the molecule is CN(c1ccccc1)c1ccc(C=NNC(=O)c2ccc(C(C)(C)C)cc2)cc1. The van der Waals surface area contributed by atoms with Gasteiger partial charge in [-0.15, -0.1) is 0 Å². The van der Waals surface area contributed by atoms with Gasteiger partial charge in [0.25, 0.3) is 5.91 Å². The summed E-state index contributed by atoms with van der Waals surface area (Å²) in [5.74, 6) is -0.220. The van der Waals surface area contributed by atoms with Crippen molar-refractivity contribution in [2.75, 3.05) is 11.9 Å². The minimum Gasteiger partial charge on any atom is -0.345 e. The Bertz CT molecular complexity index is 969. The highest BCUT2D eigenvalue weighted by atomic mass is 16.2. The number of amides is 1. The number of nitrogens with one attached hydrogen (secondary N) is 1. The van der Waals surface area contributed by atoms with Crippen LogP contribution in [0, 0.1) is 0 Å². The van der Waals surface area contributed by atoms with E-state index in [1.54, 1.807) is 6.21 Å². The maximum atomic E-state index is 12.3. The monoisotopic (exact) mass is 385 g/mol. The van der Waals surface area contributed by atoms with Crippen LogP contribution in [0.2, 0.25) is 0 Å². The second-order valence-corrected chi connectivity index (χ2v) is 8.01. The predicted molar refractivity (Wildman–Crippen MR) is 121 cm³/mol. The van der Waals surface area contributed by atoms with Crippen molar-refractivity contribution in [1.82, 2.24) is 5.43 Å². The van der Waals surface area contributed by atoms with Crippen LogP contribution in [0.3, 0.4) is 0 Å². The Hall–Kier alpha value is -3.40. The zero-order valence-electron chi connectivity index (χ0n) is 17.4.